The van der Waals surface area contributed by atoms with Gasteiger partial charge in [-0.25, -0.2) is 9.97 Å². The van der Waals surface area contributed by atoms with E-state index in [1.807, 2.05) is 12.3 Å². The Labute approximate surface area is 211 Å². The van der Waals surface area contributed by atoms with Gasteiger partial charge in [-0.15, -0.1) is 0 Å². The Hall–Kier alpha value is -2.56. The molecule has 188 valence electrons. The number of morpholine rings is 1. The molecule has 0 unspecified atom stereocenters. The van der Waals surface area contributed by atoms with Crippen molar-refractivity contribution < 1.29 is 9.53 Å². The van der Waals surface area contributed by atoms with Crippen LogP contribution in [0.3, 0.4) is 0 Å². The average molecular weight is 498 g/mol. The van der Waals surface area contributed by atoms with Crippen LogP contribution in [0.1, 0.15) is 12.8 Å². The summed E-state index contributed by atoms with van der Waals surface area (Å²) in [6.45, 7) is 8.11. The molecule has 1 aromatic carbocycles. The van der Waals surface area contributed by atoms with Gasteiger partial charge in [-0.3, -0.25) is 9.69 Å². The molecular formula is C25H35N7O2S. The molecule has 0 spiro atoms. The lowest BCUT2D eigenvalue weighted by molar-refractivity contribution is -0.122. The molecule has 1 saturated carbocycles. The lowest BCUT2D eigenvalue weighted by Gasteiger charge is -2.35. The molecule has 1 aromatic heterocycles. The van der Waals surface area contributed by atoms with Gasteiger partial charge in [0, 0.05) is 63.3 Å². The van der Waals surface area contributed by atoms with Crippen LogP contribution in [-0.2, 0) is 9.53 Å². The van der Waals surface area contributed by atoms with Crippen LogP contribution in [0.25, 0.3) is 0 Å². The fourth-order valence-electron chi connectivity index (χ4n) is 4.43. The molecule has 35 heavy (non-hydrogen) atoms. The maximum atomic E-state index is 12.2. The quantitative estimate of drug-likeness (QED) is 0.401. The Kier molecular flexibility index (Phi) is 7.90. The number of anilines is 4. The number of carbonyl (C=O) groups excluding carboxylic acids is 1. The van der Waals surface area contributed by atoms with Crippen molar-refractivity contribution in [3.05, 3.63) is 30.3 Å². The molecule has 3 heterocycles. The number of thioether (sulfide) groups is 1. The molecular weight excluding hydrogens is 462 g/mol. The molecule has 1 aliphatic carbocycles. The summed E-state index contributed by atoms with van der Waals surface area (Å²) < 4.78 is 5.45. The Morgan fingerprint density at radius 1 is 1.03 bits per heavy atom. The molecule has 9 nitrogen and oxygen atoms in total. The smallest absolute Gasteiger partial charge is 0.234 e. The van der Waals surface area contributed by atoms with E-state index >= 15 is 0 Å². The summed E-state index contributed by atoms with van der Waals surface area (Å²) in [4.78, 5) is 28.5. The van der Waals surface area contributed by atoms with Crippen LogP contribution in [0.4, 0.5) is 23.0 Å². The molecule has 0 radical (unpaired) electrons. The van der Waals surface area contributed by atoms with E-state index in [0.29, 0.717) is 12.5 Å². The number of ether oxygens (including phenoxy) is 1. The highest BCUT2D eigenvalue weighted by atomic mass is 32.2. The minimum atomic E-state index is 0.142. The third-order valence-corrected chi connectivity index (χ3v) is 7.29. The number of carbonyl (C=O) groups is 1. The number of piperazine rings is 1. The highest BCUT2D eigenvalue weighted by Gasteiger charge is 2.24. The van der Waals surface area contributed by atoms with Gasteiger partial charge in [-0.1, -0.05) is 11.8 Å². The second-order valence-electron chi connectivity index (χ2n) is 9.38. The van der Waals surface area contributed by atoms with E-state index in [9.17, 15) is 4.79 Å². The molecule has 0 atom stereocenters. The number of hydrogen-bond donors (Lipinski definition) is 2. The van der Waals surface area contributed by atoms with Gasteiger partial charge in [0.25, 0.3) is 0 Å². The lowest BCUT2D eigenvalue weighted by Crippen LogP contribution is -2.50. The second kappa shape index (κ2) is 11.5. The minimum absolute atomic E-state index is 0.142. The average Bonchev–Trinajstić information content (AvgIpc) is 3.73. The second-order valence-corrected chi connectivity index (χ2v) is 10.2. The number of hydrogen-bond acceptors (Lipinski definition) is 9. The molecule has 3 fully saturated rings. The van der Waals surface area contributed by atoms with Crippen LogP contribution < -0.4 is 20.4 Å². The Balaban J connectivity index is 1.17. The van der Waals surface area contributed by atoms with Crippen molar-refractivity contribution in [2.24, 2.45) is 5.92 Å². The molecule has 3 aliphatic rings. The third-order valence-electron chi connectivity index (χ3n) is 6.74. The Morgan fingerprint density at radius 2 is 1.77 bits per heavy atom. The standard InChI is InChI=1S/C25H35N7O2S/c1-35-25-28-22(27-20-4-6-21(7-5-20)31-12-14-34-15-13-31)16-23(29-25)32-10-8-30(9-11-32)18-24(33)26-17-19-2-3-19/h4-7,16,19H,2-3,8-15,17-18H2,1H3,(H,26,33)(H,27,28,29). The van der Waals surface area contributed by atoms with Gasteiger partial charge in [0.15, 0.2) is 5.16 Å². The summed E-state index contributed by atoms with van der Waals surface area (Å²) in [7, 11) is 0. The van der Waals surface area contributed by atoms with Crippen LogP contribution in [0.5, 0.6) is 0 Å². The van der Waals surface area contributed by atoms with E-state index < -0.39 is 0 Å². The zero-order valence-corrected chi connectivity index (χ0v) is 21.2. The summed E-state index contributed by atoms with van der Waals surface area (Å²) in [5.41, 5.74) is 2.21. The van der Waals surface area contributed by atoms with Crippen LogP contribution in [0.2, 0.25) is 0 Å². The van der Waals surface area contributed by atoms with E-state index in [2.05, 4.69) is 54.6 Å². The van der Waals surface area contributed by atoms with Crippen molar-refractivity contribution in [3.8, 4) is 0 Å². The predicted molar refractivity (Wildman–Crippen MR) is 141 cm³/mol. The first-order valence-corrected chi connectivity index (χ1v) is 13.8. The number of aromatic nitrogens is 2. The fourth-order valence-corrected chi connectivity index (χ4v) is 4.80. The number of nitrogens with one attached hydrogen (secondary N) is 2. The summed E-state index contributed by atoms with van der Waals surface area (Å²) in [6.07, 6.45) is 4.51. The maximum Gasteiger partial charge on any atom is 0.234 e. The van der Waals surface area contributed by atoms with E-state index in [4.69, 9.17) is 9.72 Å². The number of benzene rings is 1. The van der Waals surface area contributed by atoms with Gasteiger partial charge in [0.05, 0.1) is 19.8 Å². The normalized spacial score (nSPS) is 19.0. The van der Waals surface area contributed by atoms with Crippen molar-refractivity contribution in [2.45, 2.75) is 18.0 Å². The van der Waals surface area contributed by atoms with E-state index in [-0.39, 0.29) is 5.91 Å². The zero-order chi connectivity index (χ0) is 24.0. The van der Waals surface area contributed by atoms with Crippen LogP contribution >= 0.6 is 11.8 Å². The fraction of sp³-hybridized carbons (Fsp3) is 0.560. The van der Waals surface area contributed by atoms with E-state index in [0.717, 1.165) is 81.5 Å². The molecule has 10 heteroatoms. The van der Waals surface area contributed by atoms with Gasteiger partial charge in [-0.05, 0) is 49.3 Å². The molecule has 0 bridgehead atoms. The Morgan fingerprint density at radius 3 is 2.46 bits per heavy atom. The molecule has 2 N–H and O–H groups in total. The summed E-state index contributed by atoms with van der Waals surface area (Å²) in [5, 5.41) is 7.27. The summed E-state index contributed by atoms with van der Waals surface area (Å²) in [6, 6.07) is 10.5. The first-order chi connectivity index (χ1) is 17.2. The SMILES string of the molecule is CSc1nc(Nc2ccc(N3CCOCC3)cc2)cc(N2CCN(CC(=O)NCC3CC3)CC2)n1. The van der Waals surface area contributed by atoms with Crippen LogP contribution in [0, 0.1) is 5.92 Å². The predicted octanol–water partition coefficient (Wildman–Crippen LogP) is 2.43. The van der Waals surface area contributed by atoms with E-state index in [1.165, 1.54) is 18.5 Å². The lowest BCUT2D eigenvalue weighted by atomic mass is 10.2. The molecule has 1 amide bonds. The zero-order valence-electron chi connectivity index (χ0n) is 20.4. The van der Waals surface area contributed by atoms with Gasteiger partial charge in [0.2, 0.25) is 5.91 Å². The topological polar surface area (TPSA) is 85.9 Å². The van der Waals surface area contributed by atoms with E-state index in [1.54, 1.807) is 11.8 Å². The van der Waals surface area contributed by atoms with Crippen LogP contribution in [0.15, 0.2) is 35.5 Å². The highest BCUT2D eigenvalue weighted by Crippen LogP contribution is 2.28. The van der Waals surface area contributed by atoms with Crippen molar-refractivity contribution in [1.29, 1.82) is 0 Å². The van der Waals surface area contributed by atoms with Gasteiger partial charge >= 0.3 is 0 Å². The van der Waals surface area contributed by atoms with Crippen molar-refractivity contribution in [2.75, 3.05) is 86.9 Å². The molecule has 5 rings (SSSR count). The summed E-state index contributed by atoms with van der Waals surface area (Å²) >= 11 is 1.54. The monoisotopic (exact) mass is 497 g/mol. The van der Waals surface area contributed by atoms with Gasteiger partial charge < -0.3 is 25.2 Å². The largest absolute Gasteiger partial charge is 0.378 e. The first kappa shape index (κ1) is 24.1. The summed E-state index contributed by atoms with van der Waals surface area (Å²) in [5.74, 6) is 2.57. The number of nitrogens with zero attached hydrogens (tertiary/aromatic N) is 5. The minimum Gasteiger partial charge on any atom is -0.378 e. The van der Waals surface area contributed by atoms with Gasteiger partial charge in [-0.2, -0.15) is 0 Å². The van der Waals surface area contributed by atoms with Crippen LogP contribution in [-0.4, -0.2) is 92.6 Å². The maximum absolute atomic E-state index is 12.2. The highest BCUT2D eigenvalue weighted by molar-refractivity contribution is 7.98. The van der Waals surface area contributed by atoms with Crippen molar-refractivity contribution in [1.82, 2.24) is 20.2 Å². The number of amides is 1. The molecule has 2 saturated heterocycles. The Bertz CT molecular complexity index is 988. The van der Waals surface area contributed by atoms with Crippen molar-refractivity contribution >= 4 is 40.7 Å². The first-order valence-electron chi connectivity index (χ1n) is 12.5. The van der Waals surface area contributed by atoms with Crippen molar-refractivity contribution in [3.63, 3.8) is 0 Å². The number of rotatable bonds is 9. The van der Waals surface area contributed by atoms with Gasteiger partial charge in [0.1, 0.15) is 11.6 Å². The molecule has 2 aromatic rings. The molecule has 2 aliphatic heterocycles. The third kappa shape index (κ3) is 6.77.